The summed E-state index contributed by atoms with van der Waals surface area (Å²) < 4.78 is 5.54. The minimum Gasteiger partial charge on any atom is -0.508 e. The number of phenolic OH excluding ortho intramolecular Hbond substituents is 1. The highest BCUT2D eigenvalue weighted by Crippen LogP contribution is 2.67. The van der Waals surface area contributed by atoms with E-state index in [4.69, 9.17) is 27.9 Å². The molecule has 2 aromatic carbocycles. The molecule has 2 aliphatic heterocycles. The molecule has 0 spiro atoms. The van der Waals surface area contributed by atoms with Crippen LogP contribution in [0.3, 0.4) is 0 Å². The van der Waals surface area contributed by atoms with Crippen molar-refractivity contribution in [3.8, 4) is 17.2 Å². The summed E-state index contributed by atoms with van der Waals surface area (Å²) in [7, 11) is 1.37. The van der Waals surface area contributed by atoms with Crippen molar-refractivity contribution in [1.29, 1.82) is 0 Å². The molecule has 6 unspecified atom stereocenters. The van der Waals surface area contributed by atoms with Crippen LogP contribution in [-0.2, 0) is 19.2 Å². The Kier molecular flexibility index (Phi) is 6.83. The van der Waals surface area contributed by atoms with Gasteiger partial charge in [0.25, 0.3) is 11.8 Å². The number of carboxylic acid groups (broad SMARTS) is 1. The van der Waals surface area contributed by atoms with Crippen LogP contribution in [0.5, 0.6) is 17.2 Å². The molecule has 0 bridgehead atoms. The smallest absolute Gasteiger partial charge is 0.339 e. The average Bonchev–Trinajstić information content (AvgIpc) is 3.30. The molecule has 4 aliphatic rings. The summed E-state index contributed by atoms with van der Waals surface area (Å²) in [5.74, 6) is -8.90. The fourth-order valence-electron chi connectivity index (χ4n) is 7.17. The average molecular weight is 694 g/mol. The van der Waals surface area contributed by atoms with Gasteiger partial charge in [0.05, 0.1) is 30.1 Å². The first kappa shape index (κ1) is 29.5. The number of hydrogen-bond donors (Lipinski definition) is 3. The van der Waals surface area contributed by atoms with Crippen LogP contribution < -0.4 is 9.64 Å². The largest absolute Gasteiger partial charge is 0.508 e. The summed E-state index contributed by atoms with van der Waals surface area (Å²) in [4.78, 5) is 64.3. The molecule has 6 atom stereocenters. The number of hydrogen-bond acceptors (Lipinski definition) is 8. The number of benzene rings is 2. The molecule has 2 heterocycles. The standard InChI is InChI=1S/C29H23BrCl2N2O9/c1-43-19-4-2-3-17(35)21(19)22-13-7-8-15-20(16(13)10-28(31)26(41)33(11-30)27(42)29(22,28)32)24(38)34(23(15)37)12-5-6-14(25(39)40)18(36)9-12/h2-7,9,15-16,20,22,35-36H,8,10-11H2,1H3,(H,39,40). The van der Waals surface area contributed by atoms with Gasteiger partial charge in [0.15, 0.2) is 9.75 Å². The van der Waals surface area contributed by atoms with E-state index in [1.165, 1.54) is 25.3 Å². The number of nitrogens with zero attached hydrogens (tertiary/aromatic N) is 2. The second kappa shape index (κ2) is 9.96. The van der Waals surface area contributed by atoms with Crippen LogP contribution in [0.2, 0.25) is 0 Å². The third-order valence-corrected chi connectivity index (χ3v) is 11.0. The first-order valence-electron chi connectivity index (χ1n) is 13.1. The molecule has 3 N–H and O–H groups in total. The molecule has 4 amide bonds. The lowest BCUT2D eigenvalue weighted by atomic mass is 9.56. The van der Waals surface area contributed by atoms with Crippen LogP contribution in [0.25, 0.3) is 0 Å². The van der Waals surface area contributed by atoms with Crippen LogP contribution in [-0.4, -0.2) is 72.1 Å². The molecule has 3 fully saturated rings. The van der Waals surface area contributed by atoms with E-state index in [1.54, 1.807) is 12.1 Å². The Morgan fingerprint density at radius 3 is 2.40 bits per heavy atom. The molecule has 0 aromatic heterocycles. The maximum atomic E-state index is 14.1. The van der Waals surface area contributed by atoms with Crippen LogP contribution in [0, 0.1) is 17.8 Å². The number of fused-ring (bicyclic) bond motifs is 4. The van der Waals surface area contributed by atoms with Gasteiger partial charge < -0.3 is 20.1 Å². The summed E-state index contributed by atoms with van der Waals surface area (Å²) in [6.45, 7) is 0. The summed E-state index contributed by atoms with van der Waals surface area (Å²) >= 11 is 17.5. The number of methoxy groups -OCH3 is 1. The van der Waals surface area contributed by atoms with Crippen molar-refractivity contribution in [2.24, 2.45) is 17.8 Å². The SMILES string of the molecule is COc1cccc(O)c1C1C2=CCC3C(=O)N(c4ccc(C(=O)O)c(O)c4)C(=O)C3C2CC2(Cl)C(=O)N(CBr)C(=O)C12Cl. The number of amides is 4. The molecular formula is C29H23BrCl2N2O9. The first-order chi connectivity index (χ1) is 20.3. The molecule has 6 rings (SSSR count). The number of phenols is 2. The second-order valence-electron chi connectivity index (χ2n) is 10.9. The van der Waals surface area contributed by atoms with E-state index < -0.39 is 74.3 Å². The number of carbonyl (C=O) groups is 5. The first-order valence-corrected chi connectivity index (χ1v) is 15.0. The predicted octanol–water partition coefficient (Wildman–Crippen LogP) is 3.72. The maximum absolute atomic E-state index is 14.1. The molecule has 0 radical (unpaired) electrons. The Labute approximate surface area is 262 Å². The van der Waals surface area contributed by atoms with E-state index >= 15 is 0 Å². The summed E-state index contributed by atoms with van der Waals surface area (Å²) in [6.07, 6.45) is 1.51. The lowest BCUT2D eigenvalue weighted by Gasteiger charge is -2.50. The van der Waals surface area contributed by atoms with Gasteiger partial charge in [-0.3, -0.25) is 24.1 Å². The Morgan fingerprint density at radius 1 is 1.05 bits per heavy atom. The summed E-state index contributed by atoms with van der Waals surface area (Å²) in [5, 5.41) is 30.6. The molecule has 43 heavy (non-hydrogen) atoms. The molecule has 2 aromatic rings. The molecule has 2 aliphatic carbocycles. The van der Waals surface area contributed by atoms with Gasteiger partial charge in [0.1, 0.15) is 22.8 Å². The lowest BCUT2D eigenvalue weighted by molar-refractivity contribution is -0.138. The topological polar surface area (TPSA) is 162 Å². The van der Waals surface area contributed by atoms with Gasteiger partial charge in [0.2, 0.25) is 11.8 Å². The fraction of sp³-hybridized carbons (Fsp3) is 0.345. The van der Waals surface area contributed by atoms with Crippen molar-refractivity contribution in [1.82, 2.24) is 4.90 Å². The number of rotatable bonds is 5. The van der Waals surface area contributed by atoms with Gasteiger partial charge >= 0.3 is 5.97 Å². The van der Waals surface area contributed by atoms with E-state index in [2.05, 4.69) is 15.9 Å². The minimum absolute atomic E-state index is 0.0203. The highest BCUT2D eigenvalue weighted by atomic mass is 79.9. The number of halogens is 3. The lowest BCUT2D eigenvalue weighted by Crippen LogP contribution is -2.60. The Bertz CT molecular complexity index is 1680. The van der Waals surface area contributed by atoms with Crippen molar-refractivity contribution in [2.45, 2.75) is 28.5 Å². The number of likely N-dealkylation sites (tertiary alicyclic amines) is 1. The maximum Gasteiger partial charge on any atom is 0.339 e. The van der Waals surface area contributed by atoms with Crippen molar-refractivity contribution >= 4 is 74.4 Å². The monoisotopic (exact) mass is 692 g/mol. The Morgan fingerprint density at radius 2 is 1.77 bits per heavy atom. The van der Waals surface area contributed by atoms with Crippen LogP contribution in [0.15, 0.2) is 48.0 Å². The van der Waals surface area contributed by atoms with Gasteiger partial charge in [-0.1, -0.05) is 33.6 Å². The molecule has 1 saturated carbocycles. The molecule has 2 saturated heterocycles. The number of ether oxygens (including phenoxy) is 1. The number of imide groups is 2. The molecule has 14 heteroatoms. The van der Waals surface area contributed by atoms with Crippen molar-refractivity contribution in [3.63, 3.8) is 0 Å². The van der Waals surface area contributed by atoms with Gasteiger partial charge in [-0.25, -0.2) is 9.69 Å². The van der Waals surface area contributed by atoms with E-state index in [1.807, 2.05) is 0 Å². The van der Waals surface area contributed by atoms with Gasteiger partial charge in [-0.15, -0.1) is 23.2 Å². The number of allylic oxidation sites excluding steroid dienone is 2. The number of carboxylic acids is 1. The number of anilines is 1. The van der Waals surface area contributed by atoms with Crippen molar-refractivity contribution in [2.75, 3.05) is 17.5 Å². The van der Waals surface area contributed by atoms with Crippen LogP contribution >= 0.6 is 39.1 Å². The van der Waals surface area contributed by atoms with Crippen LogP contribution in [0.1, 0.15) is 34.7 Å². The van der Waals surface area contributed by atoms with E-state index in [0.717, 1.165) is 21.9 Å². The third-order valence-electron chi connectivity index (χ3n) is 9.04. The third kappa shape index (κ3) is 3.75. The molecular weight excluding hydrogens is 671 g/mol. The van der Waals surface area contributed by atoms with Crippen LogP contribution in [0.4, 0.5) is 5.69 Å². The van der Waals surface area contributed by atoms with E-state index in [9.17, 15) is 39.3 Å². The summed E-state index contributed by atoms with van der Waals surface area (Å²) in [5.41, 5.74) is -0.0567. The molecule has 224 valence electrons. The van der Waals surface area contributed by atoms with Gasteiger partial charge in [-0.05, 0) is 43.0 Å². The zero-order valence-electron chi connectivity index (χ0n) is 22.3. The van der Waals surface area contributed by atoms with Gasteiger partial charge in [-0.2, -0.15) is 0 Å². The highest BCUT2D eigenvalue weighted by Gasteiger charge is 2.76. The van der Waals surface area contributed by atoms with E-state index in [-0.39, 0.29) is 41.0 Å². The number of aromatic carboxylic acids is 1. The van der Waals surface area contributed by atoms with Gasteiger partial charge in [0, 0.05) is 17.5 Å². The van der Waals surface area contributed by atoms with Crippen molar-refractivity contribution < 1.29 is 44.0 Å². The fourth-order valence-corrected chi connectivity index (χ4v) is 8.57. The quantitative estimate of drug-likeness (QED) is 0.183. The number of alkyl halides is 3. The normalized spacial score (nSPS) is 31.5. The predicted molar refractivity (Wildman–Crippen MR) is 156 cm³/mol. The number of carbonyl (C=O) groups excluding carboxylic acids is 4. The Balaban J connectivity index is 1.52. The second-order valence-corrected chi connectivity index (χ2v) is 12.6. The number of aromatic hydroxyl groups is 2. The molecule has 11 nitrogen and oxygen atoms in total. The van der Waals surface area contributed by atoms with Crippen molar-refractivity contribution in [3.05, 3.63) is 59.2 Å². The minimum atomic E-state index is -2.12. The highest BCUT2D eigenvalue weighted by molar-refractivity contribution is 9.09. The Hall–Kier alpha value is -3.61. The van der Waals surface area contributed by atoms with E-state index in [0.29, 0.717) is 5.57 Å². The summed E-state index contributed by atoms with van der Waals surface area (Å²) in [6, 6.07) is 7.85. The zero-order valence-corrected chi connectivity index (χ0v) is 25.4. The zero-order chi connectivity index (χ0) is 31.2.